The largest absolute Gasteiger partial charge is 0.455 e. The Kier molecular flexibility index (Phi) is 5.42. The summed E-state index contributed by atoms with van der Waals surface area (Å²) in [6.07, 6.45) is 0. The molecular weight excluding hydrogens is 502 g/mol. The van der Waals surface area contributed by atoms with E-state index in [9.17, 15) is 0 Å². The SMILES string of the molecule is c1ccc(-c2nc(-c3ccccc3)nc(-c3cccc4oc5c(-c6ccc7ccccc7c6)cccc5c34)n2)cc1. The lowest BCUT2D eigenvalue weighted by atomic mass is 9.98. The van der Waals surface area contributed by atoms with Crippen molar-refractivity contribution in [1.82, 2.24) is 15.0 Å². The summed E-state index contributed by atoms with van der Waals surface area (Å²) in [6, 6.07) is 47.5. The van der Waals surface area contributed by atoms with Crippen LogP contribution in [-0.2, 0) is 0 Å². The van der Waals surface area contributed by atoms with Crippen LogP contribution in [0.3, 0.4) is 0 Å². The second-order valence-electron chi connectivity index (χ2n) is 10.1. The number of hydrogen-bond acceptors (Lipinski definition) is 4. The molecule has 8 rings (SSSR count). The number of hydrogen-bond donors (Lipinski definition) is 0. The average Bonchev–Trinajstić information content (AvgIpc) is 3.44. The van der Waals surface area contributed by atoms with Crippen molar-refractivity contribution in [3.63, 3.8) is 0 Å². The zero-order valence-corrected chi connectivity index (χ0v) is 22.0. The minimum absolute atomic E-state index is 0.613. The molecule has 4 nitrogen and oxygen atoms in total. The molecule has 41 heavy (non-hydrogen) atoms. The summed E-state index contributed by atoms with van der Waals surface area (Å²) in [6.45, 7) is 0. The molecule has 0 radical (unpaired) electrons. The van der Waals surface area contributed by atoms with Crippen LogP contribution in [0.4, 0.5) is 0 Å². The lowest BCUT2D eigenvalue weighted by Gasteiger charge is -2.09. The molecule has 0 fully saturated rings. The van der Waals surface area contributed by atoms with Crippen LogP contribution >= 0.6 is 0 Å². The molecule has 6 aromatic carbocycles. The van der Waals surface area contributed by atoms with Crippen molar-refractivity contribution in [2.45, 2.75) is 0 Å². The predicted molar refractivity (Wildman–Crippen MR) is 166 cm³/mol. The molecule has 0 saturated carbocycles. The highest BCUT2D eigenvalue weighted by molar-refractivity contribution is 6.15. The van der Waals surface area contributed by atoms with Gasteiger partial charge in [-0.25, -0.2) is 15.0 Å². The van der Waals surface area contributed by atoms with E-state index in [2.05, 4.69) is 66.7 Å². The van der Waals surface area contributed by atoms with Crippen LogP contribution < -0.4 is 0 Å². The highest BCUT2D eigenvalue weighted by Gasteiger charge is 2.19. The smallest absolute Gasteiger partial charge is 0.164 e. The average molecular weight is 526 g/mol. The van der Waals surface area contributed by atoms with Gasteiger partial charge in [-0.2, -0.15) is 0 Å². The molecular formula is C37H23N3O. The molecule has 8 aromatic rings. The van der Waals surface area contributed by atoms with Gasteiger partial charge in [0.05, 0.1) is 0 Å². The van der Waals surface area contributed by atoms with Crippen molar-refractivity contribution in [3.8, 4) is 45.3 Å². The van der Waals surface area contributed by atoms with Crippen LogP contribution in [0.15, 0.2) is 144 Å². The number of nitrogens with zero attached hydrogens (tertiary/aromatic N) is 3. The third-order valence-electron chi connectivity index (χ3n) is 7.52. The van der Waals surface area contributed by atoms with Crippen molar-refractivity contribution in [2.75, 3.05) is 0 Å². The summed E-state index contributed by atoms with van der Waals surface area (Å²) in [5, 5.41) is 4.44. The van der Waals surface area contributed by atoms with Gasteiger partial charge in [-0.3, -0.25) is 0 Å². The summed E-state index contributed by atoms with van der Waals surface area (Å²) < 4.78 is 6.57. The summed E-state index contributed by atoms with van der Waals surface area (Å²) in [5.74, 6) is 1.88. The van der Waals surface area contributed by atoms with E-state index >= 15 is 0 Å². The Morgan fingerprint density at radius 1 is 0.415 bits per heavy atom. The standard InChI is InChI=1S/C37H23N3O/c1-3-12-25(13-4-1)35-38-36(26-14-5-2-6-15-26)40-37(39-35)31-19-10-20-32-33(31)30-18-9-17-29(34(30)41-32)28-22-21-24-11-7-8-16-27(24)23-28/h1-23H. The summed E-state index contributed by atoms with van der Waals surface area (Å²) in [7, 11) is 0. The Balaban J connectivity index is 1.36. The van der Waals surface area contributed by atoms with Gasteiger partial charge in [0.25, 0.3) is 0 Å². The Morgan fingerprint density at radius 3 is 1.76 bits per heavy atom. The van der Waals surface area contributed by atoms with Crippen molar-refractivity contribution < 1.29 is 4.42 Å². The molecule has 0 spiro atoms. The van der Waals surface area contributed by atoms with E-state index in [1.807, 2.05) is 72.8 Å². The van der Waals surface area contributed by atoms with Gasteiger partial charge in [0, 0.05) is 33.0 Å². The van der Waals surface area contributed by atoms with Gasteiger partial charge in [0.15, 0.2) is 17.5 Å². The second kappa shape index (κ2) is 9.54. The van der Waals surface area contributed by atoms with E-state index in [4.69, 9.17) is 19.4 Å². The Bertz CT molecular complexity index is 2140. The monoisotopic (exact) mass is 525 g/mol. The first kappa shape index (κ1) is 23.3. The van der Waals surface area contributed by atoms with Crippen LogP contribution in [0.25, 0.3) is 78.0 Å². The molecule has 4 heteroatoms. The zero-order valence-electron chi connectivity index (χ0n) is 22.0. The number of furan rings is 1. The molecule has 2 heterocycles. The fourth-order valence-corrected chi connectivity index (χ4v) is 5.55. The predicted octanol–water partition coefficient (Wildman–Crippen LogP) is 9.59. The van der Waals surface area contributed by atoms with Gasteiger partial charge < -0.3 is 4.42 Å². The number of fused-ring (bicyclic) bond motifs is 4. The minimum atomic E-state index is 0.613. The second-order valence-corrected chi connectivity index (χ2v) is 10.1. The van der Waals surface area contributed by atoms with Gasteiger partial charge >= 0.3 is 0 Å². The molecule has 0 aliphatic carbocycles. The Hall–Kier alpha value is -5.61. The van der Waals surface area contributed by atoms with Crippen molar-refractivity contribution in [3.05, 3.63) is 140 Å². The summed E-state index contributed by atoms with van der Waals surface area (Å²) >= 11 is 0. The number of rotatable bonds is 4. The van der Waals surface area contributed by atoms with Crippen molar-refractivity contribution in [1.29, 1.82) is 0 Å². The molecule has 0 amide bonds. The van der Waals surface area contributed by atoms with E-state index in [0.717, 1.165) is 49.8 Å². The molecule has 192 valence electrons. The van der Waals surface area contributed by atoms with E-state index in [1.54, 1.807) is 0 Å². The third-order valence-corrected chi connectivity index (χ3v) is 7.52. The normalized spacial score (nSPS) is 11.4. The third kappa shape index (κ3) is 4.05. The number of benzene rings is 6. The first-order valence-electron chi connectivity index (χ1n) is 13.6. The Labute approximate surface area is 236 Å². The van der Waals surface area contributed by atoms with E-state index in [-0.39, 0.29) is 0 Å². The summed E-state index contributed by atoms with van der Waals surface area (Å²) in [5.41, 5.74) is 6.62. The van der Waals surface area contributed by atoms with Crippen LogP contribution in [-0.4, -0.2) is 15.0 Å². The Morgan fingerprint density at radius 2 is 1.02 bits per heavy atom. The molecule has 0 N–H and O–H groups in total. The van der Waals surface area contributed by atoms with E-state index < -0.39 is 0 Å². The van der Waals surface area contributed by atoms with Crippen molar-refractivity contribution >= 4 is 32.7 Å². The highest BCUT2D eigenvalue weighted by atomic mass is 16.3. The number of aromatic nitrogens is 3. The zero-order chi connectivity index (χ0) is 27.2. The topological polar surface area (TPSA) is 51.8 Å². The fourth-order valence-electron chi connectivity index (χ4n) is 5.55. The van der Waals surface area contributed by atoms with Gasteiger partial charge in [0.2, 0.25) is 0 Å². The molecule has 0 bridgehead atoms. The van der Waals surface area contributed by atoms with E-state index in [1.165, 1.54) is 10.8 Å². The van der Waals surface area contributed by atoms with Gasteiger partial charge in [0.1, 0.15) is 11.2 Å². The lowest BCUT2D eigenvalue weighted by Crippen LogP contribution is -2.00. The van der Waals surface area contributed by atoms with Gasteiger partial charge in [-0.05, 0) is 28.5 Å². The number of para-hydroxylation sites is 1. The molecule has 2 aromatic heterocycles. The molecule has 0 atom stereocenters. The first-order valence-corrected chi connectivity index (χ1v) is 13.6. The lowest BCUT2D eigenvalue weighted by molar-refractivity contribution is 0.670. The van der Waals surface area contributed by atoms with Crippen LogP contribution in [0.2, 0.25) is 0 Å². The maximum atomic E-state index is 6.57. The van der Waals surface area contributed by atoms with Crippen LogP contribution in [0.5, 0.6) is 0 Å². The molecule has 0 saturated heterocycles. The quantitative estimate of drug-likeness (QED) is 0.230. The fraction of sp³-hybridized carbons (Fsp3) is 0. The molecule has 0 aliphatic rings. The van der Waals surface area contributed by atoms with Gasteiger partial charge in [-0.15, -0.1) is 0 Å². The van der Waals surface area contributed by atoms with E-state index in [0.29, 0.717) is 17.5 Å². The van der Waals surface area contributed by atoms with Gasteiger partial charge in [-0.1, -0.05) is 127 Å². The molecule has 0 aliphatic heterocycles. The van der Waals surface area contributed by atoms with Crippen molar-refractivity contribution in [2.24, 2.45) is 0 Å². The minimum Gasteiger partial charge on any atom is -0.455 e. The molecule has 0 unspecified atom stereocenters. The maximum Gasteiger partial charge on any atom is 0.164 e. The van der Waals surface area contributed by atoms with Crippen LogP contribution in [0.1, 0.15) is 0 Å². The maximum absolute atomic E-state index is 6.57. The van der Waals surface area contributed by atoms with Crippen LogP contribution in [0, 0.1) is 0 Å². The first-order chi connectivity index (χ1) is 20.3. The summed E-state index contributed by atoms with van der Waals surface area (Å²) in [4.78, 5) is 14.8. The highest BCUT2D eigenvalue weighted by Crippen LogP contribution is 2.40.